The molecule has 558 valence electrons. The summed E-state index contributed by atoms with van der Waals surface area (Å²) in [5, 5.41) is 37.1. The third-order valence-corrected chi connectivity index (χ3v) is 21.2. The van der Waals surface area contributed by atoms with Gasteiger partial charge in [-0.25, -0.2) is 34.3 Å². The maximum Gasteiger partial charge on any atom is 0.410 e. The Kier molecular flexibility index (Phi) is 29.4. The fraction of sp³-hybridized carbons (Fsp3) is 0.689. The molecule has 8 rings (SSSR count). The summed E-state index contributed by atoms with van der Waals surface area (Å²) >= 11 is 0. The molecular weight excluding hydrogens is 1300 g/mol. The minimum absolute atomic E-state index is 0.00325. The van der Waals surface area contributed by atoms with E-state index in [0.29, 0.717) is 115 Å². The van der Waals surface area contributed by atoms with Crippen molar-refractivity contribution >= 4 is 53.3 Å². The Labute approximate surface area is 594 Å². The molecule has 4 fully saturated rings. The summed E-state index contributed by atoms with van der Waals surface area (Å²) in [5.74, 6) is -8.40. The summed E-state index contributed by atoms with van der Waals surface area (Å²) in [5.41, 5.74) is 3.05. The number of aliphatic hydroxyl groups is 2. The number of esters is 1. The number of ether oxygens (including phenoxy) is 8. The Morgan fingerprint density at radius 3 is 2.24 bits per heavy atom. The Morgan fingerprint density at radius 1 is 0.792 bits per heavy atom. The van der Waals surface area contributed by atoms with E-state index in [4.69, 9.17) is 42.9 Å². The number of aliphatic carboxylic acids is 1. The molecule has 3 saturated heterocycles. The minimum Gasteiger partial charge on any atom is -0.480 e. The van der Waals surface area contributed by atoms with Crippen molar-refractivity contribution in [2.24, 2.45) is 35.5 Å². The van der Waals surface area contributed by atoms with Crippen molar-refractivity contribution in [2.75, 3.05) is 90.7 Å². The molecule has 0 unspecified atom stereocenters. The summed E-state index contributed by atoms with van der Waals surface area (Å²) in [6.45, 7) is 17.4. The monoisotopic (exact) mass is 1410 g/mol. The molecule has 1 saturated carbocycles. The van der Waals surface area contributed by atoms with Crippen LogP contribution in [0.4, 0.5) is 16.7 Å². The molecule has 2 aromatic rings. The molecule has 27 nitrogen and oxygen atoms in total. The number of allylic oxidation sites excluding steroid dienone is 5. The van der Waals surface area contributed by atoms with Crippen LogP contribution in [0.1, 0.15) is 154 Å². The molecule has 0 spiro atoms. The highest BCUT2D eigenvalue weighted by atomic mass is 16.6. The minimum atomic E-state index is -2.47. The van der Waals surface area contributed by atoms with Crippen LogP contribution in [0.3, 0.4) is 0 Å². The van der Waals surface area contributed by atoms with Gasteiger partial charge in [0, 0.05) is 129 Å². The van der Waals surface area contributed by atoms with Crippen molar-refractivity contribution < 1.29 is 86.8 Å². The Hall–Kier alpha value is -7.11. The number of Topliss-reactive ketones (excluding diaryl/α,β-unsaturated/α-hetero) is 2. The van der Waals surface area contributed by atoms with E-state index < -0.39 is 114 Å². The highest BCUT2D eigenvalue weighted by Crippen LogP contribution is 2.39. The number of carbonyl (C=O) groups excluding carboxylic acids is 6. The van der Waals surface area contributed by atoms with E-state index >= 15 is 0 Å². The number of methoxy groups -OCH3 is 4. The maximum absolute atomic E-state index is 15.0. The van der Waals surface area contributed by atoms with Gasteiger partial charge in [0.05, 0.1) is 55.4 Å². The van der Waals surface area contributed by atoms with E-state index in [9.17, 15) is 48.9 Å². The largest absolute Gasteiger partial charge is 0.480 e. The number of hydrogen-bond donors (Lipinski definition) is 4. The first-order valence-electron chi connectivity index (χ1n) is 36.0. The number of cyclic esters (lactones) is 1. The van der Waals surface area contributed by atoms with Gasteiger partial charge in [0.1, 0.15) is 36.5 Å². The lowest BCUT2D eigenvalue weighted by Crippen LogP contribution is -2.61. The van der Waals surface area contributed by atoms with Crippen LogP contribution in [0, 0.1) is 35.5 Å². The van der Waals surface area contributed by atoms with E-state index in [-0.39, 0.29) is 80.0 Å². The number of nitrogens with zero attached hydrogens (tertiary/aromatic N) is 8. The fourth-order valence-electron chi connectivity index (χ4n) is 15.0. The highest BCUT2D eigenvalue weighted by Gasteiger charge is 2.53. The maximum atomic E-state index is 15.0. The molecule has 6 aliphatic rings. The molecule has 101 heavy (non-hydrogen) atoms. The molecule has 3 amide bonds. The number of anilines is 2. The second-order valence-electron chi connectivity index (χ2n) is 28.4. The summed E-state index contributed by atoms with van der Waals surface area (Å²) in [7, 11) is 6.14. The van der Waals surface area contributed by atoms with Crippen LogP contribution in [-0.4, -0.2) is 234 Å². The summed E-state index contributed by atoms with van der Waals surface area (Å²) in [4.78, 5) is 122. The summed E-state index contributed by atoms with van der Waals surface area (Å²) < 4.78 is 48.3. The number of fused-ring (bicyclic) bond motifs is 4. The number of amides is 3. The van der Waals surface area contributed by atoms with Gasteiger partial charge in [-0.3, -0.25) is 19.2 Å². The Bertz CT molecular complexity index is 3280. The molecular formula is C74H109N9O18. The molecule has 0 radical (unpaired) electrons. The quantitative estimate of drug-likeness (QED) is 0.0571. The second kappa shape index (κ2) is 37.4. The van der Waals surface area contributed by atoms with Crippen LogP contribution in [0.15, 0.2) is 66.2 Å². The predicted molar refractivity (Wildman–Crippen MR) is 373 cm³/mol. The zero-order valence-corrected chi connectivity index (χ0v) is 61.0. The molecule has 27 heteroatoms. The third-order valence-electron chi connectivity index (χ3n) is 21.2. The molecule has 5 aliphatic heterocycles. The lowest BCUT2D eigenvalue weighted by molar-refractivity contribution is -0.265. The standard InChI is InChI=1S/C74H109N9O18/c1-13-98-32-27-75-67(87)52-39-76-71(77-40-52)83-31-30-80(43-57(83)69(89)90)72-78-41-53-42-81(29-26-55(53)79-72)73(92)100-58-25-23-51(36-62(58)96-11)35-47(5)61-38-60(95-10)46(4)34-49(7)64(85)65(97-12)63(84)48(6)33-44(2)19-15-14-16-20-45(3)59(94-9)37-54-24-22-50(8)74(93,101-54)66(86)68(88)82-28-18-17-21-56(82)70(91)99-61/h14-16,19-20,34,39-41,44,46-48,50-51,54,56-62,64-65,85,93H,13,17-18,21-33,35-38,42-43H2,1-12H3,(H,75,87)(H,89,90)/b16-14+,19-15+,45-20+,49-34+/t44-,46-,47-,48-,50-,51+,54+,56+,57-,58-,59+,60-,61+,62-,64-,65+,74-/m1/s1. The Balaban J connectivity index is 0.946. The van der Waals surface area contributed by atoms with E-state index in [1.54, 1.807) is 56.1 Å². The molecule has 7 heterocycles. The molecule has 2 bridgehead atoms. The zero-order chi connectivity index (χ0) is 73.2. The van der Waals surface area contributed by atoms with Crippen molar-refractivity contribution in [3.8, 4) is 0 Å². The van der Waals surface area contributed by atoms with Crippen LogP contribution in [-0.2, 0) is 74.8 Å². The molecule has 2 aromatic heterocycles. The van der Waals surface area contributed by atoms with Crippen molar-refractivity contribution in [2.45, 2.75) is 212 Å². The number of rotatable bonds is 16. The van der Waals surface area contributed by atoms with E-state index in [1.165, 1.54) is 24.4 Å². The average molecular weight is 1410 g/mol. The first-order valence-corrected chi connectivity index (χ1v) is 36.0. The van der Waals surface area contributed by atoms with Crippen molar-refractivity contribution in [3.63, 3.8) is 0 Å². The third kappa shape index (κ3) is 20.4. The lowest BCUT2D eigenvalue weighted by Gasteiger charge is -2.43. The van der Waals surface area contributed by atoms with Crippen LogP contribution in [0.25, 0.3) is 0 Å². The summed E-state index contributed by atoms with van der Waals surface area (Å²) in [6.07, 6.45) is 15.1. The van der Waals surface area contributed by atoms with Crippen molar-refractivity contribution in [3.05, 3.63) is 83.0 Å². The first-order chi connectivity index (χ1) is 48.3. The zero-order valence-electron chi connectivity index (χ0n) is 61.0. The van der Waals surface area contributed by atoms with Gasteiger partial charge in [-0.15, -0.1) is 0 Å². The number of hydrogen-bond acceptors (Lipinski definition) is 23. The number of carboxylic acids is 1. The van der Waals surface area contributed by atoms with Crippen molar-refractivity contribution in [1.82, 2.24) is 35.1 Å². The van der Waals surface area contributed by atoms with Gasteiger partial charge in [0.15, 0.2) is 5.78 Å². The van der Waals surface area contributed by atoms with Gasteiger partial charge in [-0.05, 0) is 114 Å². The van der Waals surface area contributed by atoms with Crippen LogP contribution in [0.5, 0.6) is 0 Å². The smallest absolute Gasteiger partial charge is 0.410 e. The molecule has 1 aliphatic carbocycles. The van der Waals surface area contributed by atoms with Gasteiger partial charge in [-0.1, -0.05) is 71.1 Å². The van der Waals surface area contributed by atoms with Gasteiger partial charge >= 0.3 is 18.0 Å². The normalized spacial score (nSPS) is 33.1. The van der Waals surface area contributed by atoms with Gasteiger partial charge in [0.25, 0.3) is 17.6 Å². The number of carboxylic acid groups (broad SMARTS) is 1. The van der Waals surface area contributed by atoms with Crippen LogP contribution < -0.4 is 15.1 Å². The number of piperidine rings is 1. The van der Waals surface area contributed by atoms with Gasteiger partial charge in [0.2, 0.25) is 17.7 Å². The van der Waals surface area contributed by atoms with Gasteiger partial charge < -0.3 is 78.1 Å². The lowest BCUT2D eigenvalue weighted by atomic mass is 9.78. The van der Waals surface area contributed by atoms with E-state index in [2.05, 4.69) is 20.3 Å². The highest BCUT2D eigenvalue weighted by molar-refractivity contribution is 6.39. The SMILES string of the molecule is CCOCCNC(=O)c1cnc(N2CCN(c3ncc4c(n3)CCN(C(=O)O[C@@H]3CC[C@@H](C[C@@H](C)[C@@H]5C[C@@H](OC)[C@H](C)/C=C(\C)[C@@H](O)[C@@H](OC)C(=O)[C@H](C)C[C@H](C)/C=C/C=C/C=C(\C)[C@@H](OC)C[C@@H]6CC[C@@H](C)[C@@](O)(O6)C(=O)C(=O)N6CCCC[C@H]6C(=O)O5)C[C@H]3OC)C4)C[C@@H]2C(=O)O)nc1. The fourth-order valence-corrected chi connectivity index (χ4v) is 15.0. The predicted octanol–water partition coefficient (Wildman–Crippen LogP) is 6.96. The Morgan fingerprint density at radius 2 is 1.53 bits per heavy atom. The molecule has 4 N–H and O–H groups in total. The summed E-state index contributed by atoms with van der Waals surface area (Å²) in [6, 6.07) is -2.20. The number of aliphatic hydroxyl groups excluding tert-OH is 1. The van der Waals surface area contributed by atoms with E-state index in [0.717, 1.165) is 16.8 Å². The van der Waals surface area contributed by atoms with E-state index in [1.807, 2.05) is 78.0 Å². The van der Waals surface area contributed by atoms with Crippen molar-refractivity contribution in [1.29, 1.82) is 0 Å². The average Bonchev–Trinajstić information content (AvgIpc) is 0.776. The second-order valence-corrected chi connectivity index (χ2v) is 28.4. The topological polar surface area (TPSA) is 331 Å². The molecule has 0 aromatic carbocycles. The number of ketones is 2. The first kappa shape index (κ1) is 79.6. The number of piperazine rings is 1. The van der Waals surface area contributed by atoms with Crippen LogP contribution in [0.2, 0.25) is 0 Å². The van der Waals surface area contributed by atoms with Gasteiger partial charge in [-0.2, -0.15) is 0 Å². The number of nitrogens with one attached hydrogen (secondary N) is 1. The number of carbonyl (C=O) groups is 7. The van der Waals surface area contributed by atoms with Crippen LogP contribution >= 0.6 is 0 Å². The molecule has 17 atom stereocenters. The number of aromatic nitrogens is 4.